The number of H-pyrrole nitrogens is 1. The van der Waals surface area contributed by atoms with Crippen molar-refractivity contribution in [3.05, 3.63) is 52.8 Å². The van der Waals surface area contributed by atoms with Crippen LogP contribution >= 0.6 is 0 Å². The van der Waals surface area contributed by atoms with E-state index in [-0.39, 0.29) is 11.7 Å². The lowest BCUT2D eigenvalue weighted by molar-refractivity contribution is 0.0964. The molecule has 1 aliphatic rings. The maximum atomic E-state index is 12.0. The Balaban J connectivity index is 1.86. The summed E-state index contributed by atoms with van der Waals surface area (Å²) in [7, 11) is 0. The van der Waals surface area contributed by atoms with Crippen molar-refractivity contribution in [2.24, 2.45) is 0 Å². The number of carbonyl (C=O) groups excluding carboxylic acids is 1. The molecule has 1 heterocycles. The van der Waals surface area contributed by atoms with Crippen LogP contribution in [0.2, 0.25) is 0 Å². The van der Waals surface area contributed by atoms with Crippen LogP contribution in [-0.4, -0.2) is 16.0 Å². The Morgan fingerprint density at radius 2 is 1.95 bits per heavy atom. The first-order valence-electron chi connectivity index (χ1n) is 6.80. The van der Waals surface area contributed by atoms with Crippen LogP contribution in [0, 0.1) is 0 Å². The summed E-state index contributed by atoms with van der Waals surface area (Å²) >= 11 is 0. The third-order valence-electron chi connectivity index (χ3n) is 3.98. The zero-order valence-corrected chi connectivity index (χ0v) is 11.3. The molecule has 0 radical (unpaired) electrons. The van der Waals surface area contributed by atoms with Gasteiger partial charge in [0.1, 0.15) is 0 Å². The summed E-state index contributed by atoms with van der Waals surface area (Å²) < 4.78 is 0. The molecule has 1 aliphatic carbocycles. The summed E-state index contributed by atoms with van der Waals surface area (Å²) in [4.78, 5) is 12.0. The van der Waals surface area contributed by atoms with E-state index in [4.69, 9.17) is 0 Å². The summed E-state index contributed by atoms with van der Waals surface area (Å²) in [6.45, 7) is 4.38. The Labute approximate surface area is 113 Å². The smallest absolute Gasteiger partial charge is 0.166 e. The molecule has 0 saturated heterocycles. The fourth-order valence-corrected chi connectivity index (χ4v) is 2.75. The summed E-state index contributed by atoms with van der Waals surface area (Å²) in [5.41, 5.74) is 4.34. The van der Waals surface area contributed by atoms with Crippen molar-refractivity contribution >= 4 is 5.78 Å². The van der Waals surface area contributed by atoms with Gasteiger partial charge in [-0.05, 0) is 29.4 Å². The lowest BCUT2D eigenvalue weighted by Gasteiger charge is -2.21. The van der Waals surface area contributed by atoms with Gasteiger partial charge >= 0.3 is 0 Å². The van der Waals surface area contributed by atoms with Gasteiger partial charge in [0.2, 0.25) is 0 Å². The second-order valence-corrected chi connectivity index (χ2v) is 5.61. The first kappa shape index (κ1) is 12.2. The van der Waals surface area contributed by atoms with Gasteiger partial charge in [-0.15, -0.1) is 0 Å². The van der Waals surface area contributed by atoms with E-state index >= 15 is 0 Å². The largest absolute Gasteiger partial charge is 0.294 e. The van der Waals surface area contributed by atoms with E-state index in [1.54, 1.807) is 6.20 Å². The van der Waals surface area contributed by atoms with Crippen molar-refractivity contribution in [1.82, 2.24) is 10.2 Å². The number of hydrogen-bond acceptors (Lipinski definition) is 2. The van der Waals surface area contributed by atoms with Gasteiger partial charge in [0, 0.05) is 12.1 Å². The molecule has 0 fully saturated rings. The fourth-order valence-electron chi connectivity index (χ4n) is 2.75. The average Bonchev–Trinajstić information content (AvgIpc) is 2.87. The highest BCUT2D eigenvalue weighted by Gasteiger charge is 2.27. The third kappa shape index (κ3) is 2.21. The van der Waals surface area contributed by atoms with E-state index in [0.29, 0.717) is 12.3 Å². The molecule has 0 amide bonds. The second-order valence-electron chi connectivity index (χ2n) is 5.61. The van der Waals surface area contributed by atoms with Gasteiger partial charge in [0.05, 0.1) is 11.8 Å². The molecule has 0 bridgehead atoms. The van der Waals surface area contributed by atoms with Crippen LogP contribution in [0.15, 0.2) is 30.5 Å². The minimum absolute atomic E-state index is 0.202. The number of Topliss-reactive ketones (excluding diaryl/α,β-unsaturated/α-hetero) is 1. The minimum Gasteiger partial charge on any atom is -0.294 e. The highest BCUT2D eigenvalue weighted by atomic mass is 16.1. The van der Waals surface area contributed by atoms with Gasteiger partial charge in [0.15, 0.2) is 5.78 Å². The number of aromatic nitrogens is 2. The lowest BCUT2D eigenvalue weighted by atomic mass is 9.82. The molecular formula is C16H18N2O. The summed E-state index contributed by atoms with van der Waals surface area (Å²) in [5, 5.41) is 6.92. The third-order valence-corrected chi connectivity index (χ3v) is 3.98. The molecule has 0 aliphatic heterocycles. The Bertz CT molecular complexity index is 595. The van der Waals surface area contributed by atoms with Crippen molar-refractivity contribution < 1.29 is 4.79 Å². The zero-order chi connectivity index (χ0) is 13.4. The number of rotatable bonds is 2. The van der Waals surface area contributed by atoms with E-state index in [2.05, 4.69) is 48.3 Å². The Morgan fingerprint density at radius 1 is 1.21 bits per heavy atom. The number of fused-ring (bicyclic) bond motifs is 1. The summed E-state index contributed by atoms with van der Waals surface area (Å²) in [5.74, 6) is 1.02. The van der Waals surface area contributed by atoms with E-state index in [1.807, 2.05) is 0 Å². The van der Waals surface area contributed by atoms with Gasteiger partial charge in [-0.1, -0.05) is 38.1 Å². The van der Waals surface area contributed by atoms with E-state index in [0.717, 1.165) is 17.7 Å². The van der Waals surface area contributed by atoms with Crippen LogP contribution < -0.4 is 0 Å². The topological polar surface area (TPSA) is 45.8 Å². The molecule has 1 aromatic heterocycles. The van der Waals surface area contributed by atoms with Crippen LogP contribution in [0.5, 0.6) is 0 Å². The standard InChI is InChI=1S/C16H18N2O/c1-10(2)11-3-5-12(6-4-11)13-7-15-14(9-17-18-15)16(19)8-13/h3-6,9-10,13H,7-8H2,1-2H3,(H,17,18)/t13-/m0/s1. The van der Waals surface area contributed by atoms with Crippen molar-refractivity contribution in [1.29, 1.82) is 0 Å². The molecule has 0 spiro atoms. The lowest BCUT2D eigenvalue weighted by Crippen LogP contribution is -2.17. The Morgan fingerprint density at radius 3 is 2.63 bits per heavy atom. The molecule has 98 valence electrons. The van der Waals surface area contributed by atoms with Gasteiger partial charge in [-0.3, -0.25) is 9.89 Å². The fraction of sp³-hybridized carbons (Fsp3) is 0.375. The number of aromatic amines is 1. The van der Waals surface area contributed by atoms with Crippen molar-refractivity contribution in [2.45, 2.75) is 38.5 Å². The van der Waals surface area contributed by atoms with E-state index in [9.17, 15) is 4.79 Å². The Kier molecular flexibility index (Phi) is 2.97. The Hall–Kier alpha value is -1.90. The van der Waals surface area contributed by atoms with Gasteiger partial charge < -0.3 is 0 Å². The van der Waals surface area contributed by atoms with Crippen molar-refractivity contribution in [3.8, 4) is 0 Å². The van der Waals surface area contributed by atoms with Gasteiger partial charge in [-0.2, -0.15) is 5.10 Å². The number of nitrogens with zero attached hydrogens (tertiary/aromatic N) is 1. The molecule has 2 aromatic rings. The van der Waals surface area contributed by atoms with Crippen molar-refractivity contribution in [3.63, 3.8) is 0 Å². The van der Waals surface area contributed by atoms with Crippen LogP contribution in [0.4, 0.5) is 0 Å². The van der Waals surface area contributed by atoms with Gasteiger partial charge in [0.25, 0.3) is 0 Å². The summed E-state index contributed by atoms with van der Waals surface area (Å²) in [6.07, 6.45) is 3.12. The molecule has 1 N–H and O–H groups in total. The molecule has 19 heavy (non-hydrogen) atoms. The molecule has 0 unspecified atom stereocenters. The number of nitrogens with one attached hydrogen (secondary N) is 1. The number of ketones is 1. The quantitative estimate of drug-likeness (QED) is 0.892. The highest BCUT2D eigenvalue weighted by Crippen LogP contribution is 2.32. The van der Waals surface area contributed by atoms with Gasteiger partial charge in [-0.25, -0.2) is 0 Å². The average molecular weight is 254 g/mol. The normalized spacial score (nSPS) is 18.7. The molecule has 3 nitrogen and oxygen atoms in total. The van der Waals surface area contributed by atoms with E-state index in [1.165, 1.54) is 11.1 Å². The molecule has 0 saturated carbocycles. The second kappa shape index (κ2) is 4.65. The van der Waals surface area contributed by atoms with Crippen LogP contribution in [-0.2, 0) is 6.42 Å². The number of hydrogen-bond donors (Lipinski definition) is 1. The monoisotopic (exact) mass is 254 g/mol. The predicted molar refractivity (Wildman–Crippen MR) is 74.5 cm³/mol. The number of benzene rings is 1. The maximum Gasteiger partial charge on any atom is 0.166 e. The summed E-state index contributed by atoms with van der Waals surface area (Å²) in [6, 6.07) is 8.67. The first-order valence-corrected chi connectivity index (χ1v) is 6.80. The minimum atomic E-state index is 0.202. The van der Waals surface area contributed by atoms with Crippen molar-refractivity contribution in [2.75, 3.05) is 0 Å². The maximum absolute atomic E-state index is 12.0. The zero-order valence-electron chi connectivity index (χ0n) is 11.3. The molecular weight excluding hydrogens is 236 g/mol. The van der Waals surface area contributed by atoms with Crippen LogP contribution in [0.25, 0.3) is 0 Å². The number of carbonyl (C=O) groups is 1. The predicted octanol–water partition coefficient (Wildman–Crippen LogP) is 3.45. The molecule has 1 atom stereocenters. The molecule has 3 rings (SSSR count). The van der Waals surface area contributed by atoms with Crippen LogP contribution in [0.3, 0.4) is 0 Å². The molecule has 1 aromatic carbocycles. The highest BCUT2D eigenvalue weighted by molar-refractivity contribution is 5.98. The van der Waals surface area contributed by atoms with Crippen LogP contribution in [0.1, 0.15) is 59.3 Å². The molecule has 3 heteroatoms. The first-order chi connectivity index (χ1) is 9.15. The SMILES string of the molecule is CC(C)c1ccc([C@@H]2CC(=O)c3cn[nH]c3C2)cc1. The van der Waals surface area contributed by atoms with E-state index < -0.39 is 0 Å².